The normalized spacial score (nSPS) is 20.8. The number of halogens is 3. The van der Waals surface area contributed by atoms with E-state index in [1.165, 1.54) is 25.0 Å². The second-order valence-electron chi connectivity index (χ2n) is 6.13. The molecule has 1 aliphatic heterocycles. The minimum Gasteiger partial charge on any atom is -0.371 e. The highest BCUT2D eigenvalue weighted by Crippen LogP contribution is 2.37. The Hall–Kier alpha value is -1.23. The summed E-state index contributed by atoms with van der Waals surface area (Å²) in [5.41, 5.74) is -0.194. The third kappa shape index (κ3) is 3.70. The maximum absolute atomic E-state index is 13.1. The molecule has 1 heterocycles. The third-order valence-electron chi connectivity index (χ3n) is 4.44. The Bertz CT molecular complexity index is 475. The SMILES string of the molecule is FC(F)(F)c1ccccc1N1CCC(NCC2CC2)CC1. The molecule has 0 aromatic heterocycles. The van der Waals surface area contributed by atoms with E-state index in [0.717, 1.165) is 25.3 Å². The quantitative estimate of drug-likeness (QED) is 0.912. The van der Waals surface area contributed by atoms with Crippen molar-refractivity contribution in [3.05, 3.63) is 29.8 Å². The molecule has 0 atom stereocenters. The molecule has 0 amide bonds. The summed E-state index contributed by atoms with van der Waals surface area (Å²) in [6.07, 6.45) is 0.199. The van der Waals surface area contributed by atoms with Crippen LogP contribution in [0.25, 0.3) is 0 Å². The number of benzene rings is 1. The van der Waals surface area contributed by atoms with Crippen molar-refractivity contribution in [2.24, 2.45) is 5.92 Å². The van der Waals surface area contributed by atoms with E-state index in [1.807, 2.05) is 4.90 Å². The number of anilines is 1. The average Bonchev–Trinajstić information content (AvgIpc) is 3.29. The predicted molar refractivity (Wildman–Crippen MR) is 77.4 cm³/mol. The van der Waals surface area contributed by atoms with Crippen molar-refractivity contribution >= 4 is 5.69 Å². The number of alkyl halides is 3. The summed E-state index contributed by atoms with van der Waals surface area (Å²) in [6, 6.07) is 6.35. The standard InChI is InChI=1S/C16H21F3N2/c17-16(18,19)14-3-1-2-4-15(14)21-9-7-13(8-10-21)20-11-12-5-6-12/h1-4,12-13,20H,5-11H2. The highest BCUT2D eigenvalue weighted by Gasteiger charge is 2.35. The van der Waals surface area contributed by atoms with E-state index in [1.54, 1.807) is 12.1 Å². The van der Waals surface area contributed by atoms with Crippen LogP contribution in [0.3, 0.4) is 0 Å². The molecule has 21 heavy (non-hydrogen) atoms. The molecule has 1 N–H and O–H groups in total. The van der Waals surface area contributed by atoms with Gasteiger partial charge in [0, 0.05) is 24.8 Å². The molecule has 2 fully saturated rings. The van der Waals surface area contributed by atoms with Crippen LogP contribution in [0.4, 0.5) is 18.9 Å². The zero-order valence-electron chi connectivity index (χ0n) is 12.0. The van der Waals surface area contributed by atoms with Gasteiger partial charge in [-0.2, -0.15) is 13.2 Å². The fourth-order valence-electron chi connectivity index (χ4n) is 2.97. The lowest BCUT2D eigenvalue weighted by molar-refractivity contribution is -0.137. The molecule has 0 unspecified atom stereocenters. The van der Waals surface area contributed by atoms with Gasteiger partial charge in [0.25, 0.3) is 0 Å². The highest BCUT2D eigenvalue weighted by molar-refractivity contribution is 5.55. The minimum absolute atomic E-state index is 0.325. The van der Waals surface area contributed by atoms with Crippen LogP contribution in [-0.2, 0) is 6.18 Å². The lowest BCUT2D eigenvalue weighted by Crippen LogP contribution is -2.43. The number of piperidine rings is 1. The second-order valence-corrected chi connectivity index (χ2v) is 6.13. The molecule has 2 nitrogen and oxygen atoms in total. The molecular formula is C16H21F3N2. The first-order valence-corrected chi connectivity index (χ1v) is 7.68. The van der Waals surface area contributed by atoms with Crippen LogP contribution in [0, 0.1) is 5.92 Å². The summed E-state index contributed by atoms with van der Waals surface area (Å²) in [6.45, 7) is 2.45. The molecule has 116 valence electrons. The van der Waals surface area contributed by atoms with Crippen LogP contribution in [0.2, 0.25) is 0 Å². The van der Waals surface area contributed by atoms with Crippen LogP contribution in [0.1, 0.15) is 31.2 Å². The van der Waals surface area contributed by atoms with E-state index in [-0.39, 0.29) is 0 Å². The first kappa shape index (κ1) is 14.7. The summed E-state index contributed by atoms with van der Waals surface area (Å²) >= 11 is 0. The van der Waals surface area contributed by atoms with Crippen LogP contribution >= 0.6 is 0 Å². The van der Waals surface area contributed by atoms with Gasteiger partial charge in [0.1, 0.15) is 0 Å². The number of para-hydroxylation sites is 1. The molecule has 2 aliphatic rings. The number of nitrogens with one attached hydrogen (secondary N) is 1. The molecule has 1 aromatic rings. The van der Waals surface area contributed by atoms with Crippen LogP contribution < -0.4 is 10.2 Å². The van der Waals surface area contributed by atoms with Gasteiger partial charge in [-0.3, -0.25) is 0 Å². The van der Waals surface area contributed by atoms with Crippen molar-refractivity contribution in [1.29, 1.82) is 0 Å². The zero-order valence-corrected chi connectivity index (χ0v) is 12.0. The van der Waals surface area contributed by atoms with Crippen LogP contribution in [-0.4, -0.2) is 25.7 Å². The van der Waals surface area contributed by atoms with Gasteiger partial charge in [0.2, 0.25) is 0 Å². The van der Waals surface area contributed by atoms with Gasteiger partial charge in [-0.25, -0.2) is 0 Å². The van der Waals surface area contributed by atoms with Crippen molar-refractivity contribution in [1.82, 2.24) is 5.32 Å². The average molecular weight is 298 g/mol. The third-order valence-corrected chi connectivity index (χ3v) is 4.44. The molecule has 3 rings (SSSR count). The van der Waals surface area contributed by atoms with Gasteiger partial charge in [-0.1, -0.05) is 12.1 Å². The molecule has 5 heteroatoms. The van der Waals surface area contributed by atoms with Gasteiger partial charge in [0.05, 0.1) is 5.56 Å². The summed E-state index contributed by atoms with van der Waals surface area (Å²) in [4.78, 5) is 1.87. The molecule has 1 saturated carbocycles. The van der Waals surface area contributed by atoms with E-state index < -0.39 is 11.7 Å². The molecule has 1 saturated heterocycles. The van der Waals surface area contributed by atoms with Crippen molar-refractivity contribution in [3.63, 3.8) is 0 Å². The summed E-state index contributed by atoms with van der Waals surface area (Å²) in [7, 11) is 0. The van der Waals surface area contributed by atoms with Gasteiger partial charge >= 0.3 is 6.18 Å². The molecule has 0 spiro atoms. The second kappa shape index (κ2) is 5.87. The maximum atomic E-state index is 13.1. The Morgan fingerprint density at radius 2 is 1.71 bits per heavy atom. The molecule has 1 aliphatic carbocycles. The molecule has 0 radical (unpaired) electrons. The lowest BCUT2D eigenvalue weighted by Gasteiger charge is -2.35. The van der Waals surface area contributed by atoms with Crippen LogP contribution in [0.15, 0.2) is 24.3 Å². The first-order valence-electron chi connectivity index (χ1n) is 7.68. The summed E-state index contributed by atoms with van der Waals surface area (Å²) in [5, 5.41) is 3.55. The largest absolute Gasteiger partial charge is 0.418 e. The van der Waals surface area contributed by atoms with E-state index in [2.05, 4.69) is 5.32 Å². The van der Waals surface area contributed by atoms with Crippen molar-refractivity contribution in [2.75, 3.05) is 24.5 Å². The highest BCUT2D eigenvalue weighted by atomic mass is 19.4. The van der Waals surface area contributed by atoms with Crippen molar-refractivity contribution < 1.29 is 13.2 Å². The molecular weight excluding hydrogens is 277 g/mol. The zero-order chi connectivity index (χ0) is 14.9. The summed E-state index contributed by atoms with van der Waals surface area (Å²) < 4.78 is 39.2. The fraction of sp³-hybridized carbons (Fsp3) is 0.625. The maximum Gasteiger partial charge on any atom is 0.418 e. The minimum atomic E-state index is -4.28. The van der Waals surface area contributed by atoms with Crippen molar-refractivity contribution in [3.8, 4) is 0 Å². The number of hydrogen-bond acceptors (Lipinski definition) is 2. The first-order chi connectivity index (χ1) is 10.0. The van der Waals surface area contributed by atoms with E-state index in [0.29, 0.717) is 24.8 Å². The van der Waals surface area contributed by atoms with Gasteiger partial charge in [0.15, 0.2) is 0 Å². The molecule has 1 aromatic carbocycles. The van der Waals surface area contributed by atoms with E-state index in [9.17, 15) is 13.2 Å². The van der Waals surface area contributed by atoms with Gasteiger partial charge in [-0.05, 0) is 50.3 Å². The van der Waals surface area contributed by atoms with E-state index >= 15 is 0 Å². The topological polar surface area (TPSA) is 15.3 Å². The lowest BCUT2D eigenvalue weighted by atomic mass is 10.0. The Morgan fingerprint density at radius 1 is 1.05 bits per heavy atom. The van der Waals surface area contributed by atoms with Crippen molar-refractivity contribution in [2.45, 2.75) is 37.9 Å². The molecule has 0 bridgehead atoms. The monoisotopic (exact) mass is 298 g/mol. The number of rotatable bonds is 4. The van der Waals surface area contributed by atoms with Gasteiger partial charge < -0.3 is 10.2 Å². The van der Waals surface area contributed by atoms with E-state index in [4.69, 9.17) is 0 Å². The number of hydrogen-bond donors (Lipinski definition) is 1. The predicted octanol–water partition coefficient (Wildman–Crippen LogP) is 3.67. The van der Waals surface area contributed by atoms with Gasteiger partial charge in [-0.15, -0.1) is 0 Å². The summed E-state index contributed by atoms with van der Waals surface area (Å²) in [5.74, 6) is 0.842. The Balaban J connectivity index is 1.61. The smallest absolute Gasteiger partial charge is 0.371 e. The number of nitrogens with zero attached hydrogens (tertiary/aromatic N) is 1. The Morgan fingerprint density at radius 3 is 2.33 bits per heavy atom. The fourth-order valence-corrected chi connectivity index (χ4v) is 2.97. The Kier molecular flexibility index (Phi) is 4.11. The Labute approximate surface area is 123 Å². The van der Waals surface area contributed by atoms with Crippen LogP contribution in [0.5, 0.6) is 0 Å².